The topological polar surface area (TPSA) is 169 Å². The Kier molecular flexibility index (Phi) is 8.94. The van der Waals surface area contributed by atoms with Crippen molar-refractivity contribution in [2.45, 2.75) is 65.6 Å². The number of carbonyl (C=O) groups excluding carboxylic acids is 4. The summed E-state index contributed by atoms with van der Waals surface area (Å²) >= 11 is 1.56. The predicted molar refractivity (Wildman–Crippen MR) is 144 cm³/mol. The maximum Gasteiger partial charge on any atom is 0.243 e. The third-order valence-corrected chi connectivity index (χ3v) is 8.01. The summed E-state index contributed by atoms with van der Waals surface area (Å²) in [7, 11) is 0. The van der Waals surface area contributed by atoms with E-state index in [0.29, 0.717) is 0 Å². The van der Waals surface area contributed by atoms with Gasteiger partial charge in [0.2, 0.25) is 23.6 Å². The van der Waals surface area contributed by atoms with Crippen molar-refractivity contribution in [1.82, 2.24) is 15.2 Å². The van der Waals surface area contributed by atoms with Crippen LogP contribution >= 0.6 is 11.3 Å². The summed E-state index contributed by atoms with van der Waals surface area (Å²) in [6, 6.07) is 6.52. The number of benzene rings is 1. The number of carbonyl (C=O) groups is 4. The molecule has 0 spiro atoms. The molecule has 1 aliphatic rings. The first kappa shape index (κ1) is 29.2. The van der Waals surface area contributed by atoms with E-state index in [9.17, 15) is 24.3 Å². The Morgan fingerprint density at radius 3 is 2.32 bits per heavy atom. The Morgan fingerprint density at radius 2 is 1.82 bits per heavy atom. The van der Waals surface area contributed by atoms with E-state index < -0.39 is 53.0 Å². The molecule has 11 heteroatoms. The number of aliphatic hydroxyl groups excluding tert-OH is 1. The zero-order chi connectivity index (χ0) is 28.4. The normalized spacial score (nSPS) is 20.0. The van der Waals surface area contributed by atoms with Crippen LogP contribution in [0.4, 0.5) is 0 Å². The van der Waals surface area contributed by atoms with Crippen LogP contribution in [0.1, 0.15) is 57.8 Å². The van der Waals surface area contributed by atoms with Gasteiger partial charge in [0.05, 0.1) is 40.1 Å². The number of aromatic nitrogens is 1. The van der Waals surface area contributed by atoms with Crippen LogP contribution in [0.2, 0.25) is 0 Å². The lowest BCUT2D eigenvalue weighted by Gasteiger charge is -2.38. The molecule has 38 heavy (non-hydrogen) atoms. The summed E-state index contributed by atoms with van der Waals surface area (Å²) in [6.45, 7) is 9.00. The van der Waals surface area contributed by atoms with Crippen LogP contribution in [0.15, 0.2) is 29.8 Å². The van der Waals surface area contributed by atoms with Gasteiger partial charge in [-0.05, 0) is 30.4 Å². The average Bonchev–Trinajstić information content (AvgIpc) is 3.42. The number of nitrogens with two attached hydrogens (primary N) is 2. The number of thiazole rings is 1. The number of hydrogen-bond donors (Lipinski definition) is 4. The minimum Gasteiger partial charge on any atom is -0.391 e. The fraction of sp³-hybridized carbons (Fsp3) is 0.519. The first-order valence-corrected chi connectivity index (χ1v) is 13.5. The van der Waals surface area contributed by atoms with E-state index in [1.807, 2.05) is 38.1 Å². The Morgan fingerprint density at radius 1 is 1.18 bits per heavy atom. The van der Waals surface area contributed by atoms with Gasteiger partial charge < -0.3 is 26.8 Å². The Balaban J connectivity index is 1.79. The lowest BCUT2D eigenvalue weighted by Crippen LogP contribution is -2.53. The van der Waals surface area contributed by atoms with Gasteiger partial charge in [-0.3, -0.25) is 19.2 Å². The SMILES string of the molecule is Cc1ncsc1-c1ccc([C@H](C)NC(=O)[C@@H]2C[C@@H](O)CN2C(=O)[C@@H](C(CC(N)=O)C(N)=O)C(C)(C)C)cc1. The average molecular weight is 544 g/mol. The maximum atomic E-state index is 13.8. The van der Waals surface area contributed by atoms with Crippen molar-refractivity contribution in [3.63, 3.8) is 0 Å². The smallest absolute Gasteiger partial charge is 0.243 e. The van der Waals surface area contributed by atoms with Crippen LogP contribution in [-0.4, -0.2) is 57.3 Å². The van der Waals surface area contributed by atoms with Crippen LogP contribution in [0, 0.1) is 24.2 Å². The second-order valence-corrected chi connectivity index (χ2v) is 11.9. The van der Waals surface area contributed by atoms with Crippen LogP contribution in [0.5, 0.6) is 0 Å². The number of aryl methyl sites for hydroxylation is 1. The number of β-amino-alcohol motifs (C(OH)–C–C–N with tert-alkyl or cyclic N) is 1. The van der Waals surface area contributed by atoms with Crippen molar-refractivity contribution in [1.29, 1.82) is 0 Å². The molecule has 206 valence electrons. The van der Waals surface area contributed by atoms with Gasteiger partial charge in [0.15, 0.2) is 0 Å². The standard InChI is InChI=1S/C27H37N5O5S/c1-14(16-6-8-17(9-7-16)23-15(2)30-13-38-23)31-25(36)20-10-18(33)12-32(20)26(37)22(27(3,4)5)19(24(29)35)11-21(28)34/h6-9,13-14,18-20,22,33H,10-12H2,1-5H3,(H2,28,34)(H2,29,35)(H,31,36)/t14-,18+,19?,20-,22+/m0/s1. The molecule has 0 bridgehead atoms. The molecule has 1 fully saturated rings. The molecule has 6 N–H and O–H groups in total. The van der Waals surface area contributed by atoms with Crippen LogP contribution < -0.4 is 16.8 Å². The van der Waals surface area contributed by atoms with Crippen LogP contribution in [0.25, 0.3) is 10.4 Å². The molecule has 0 radical (unpaired) electrons. The molecule has 1 aliphatic heterocycles. The highest BCUT2D eigenvalue weighted by molar-refractivity contribution is 7.13. The summed E-state index contributed by atoms with van der Waals surface area (Å²) in [5.41, 5.74) is 14.8. The van der Waals surface area contributed by atoms with Gasteiger partial charge in [-0.15, -0.1) is 11.3 Å². The molecular formula is C27H37N5O5S. The maximum absolute atomic E-state index is 13.8. The molecule has 1 unspecified atom stereocenters. The predicted octanol–water partition coefficient (Wildman–Crippen LogP) is 1.90. The minimum atomic E-state index is -1.14. The third kappa shape index (κ3) is 6.57. The number of likely N-dealkylation sites (tertiary alicyclic amines) is 1. The van der Waals surface area contributed by atoms with E-state index in [1.165, 1.54) is 4.90 Å². The highest BCUT2D eigenvalue weighted by Gasteiger charge is 2.48. The van der Waals surface area contributed by atoms with Crippen LogP contribution in [0.3, 0.4) is 0 Å². The van der Waals surface area contributed by atoms with E-state index >= 15 is 0 Å². The van der Waals surface area contributed by atoms with Gasteiger partial charge >= 0.3 is 0 Å². The molecule has 1 aromatic carbocycles. The van der Waals surface area contributed by atoms with Gasteiger partial charge in [0, 0.05) is 19.4 Å². The third-order valence-electron chi connectivity index (χ3n) is 7.03. The van der Waals surface area contributed by atoms with Gasteiger partial charge in [-0.25, -0.2) is 4.98 Å². The number of hydrogen-bond acceptors (Lipinski definition) is 7. The molecule has 1 aromatic heterocycles. The zero-order valence-corrected chi connectivity index (χ0v) is 23.2. The number of primary amides is 2. The molecule has 3 rings (SSSR count). The van der Waals surface area contributed by atoms with Crippen molar-refractivity contribution in [2.75, 3.05) is 6.54 Å². The first-order valence-electron chi connectivity index (χ1n) is 12.6. The van der Waals surface area contributed by atoms with Crippen LogP contribution in [-0.2, 0) is 19.2 Å². The number of amides is 4. The lowest BCUT2D eigenvalue weighted by atomic mass is 9.70. The number of nitrogens with one attached hydrogen (secondary N) is 1. The minimum absolute atomic E-state index is 0.0573. The summed E-state index contributed by atoms with van der Waals surface area (Å²) in [5.74, 6) is -4.64. The molecule has 4 amide bonds. The van der Waals surface area contributed by atoms with E-state index in [2.05, 4.69) is 10.3 Å². The van der Waals surface area contributed by atoms with Crippen molar-refractivity contribution >= 4 is 35.0 Å². The van der Waals surface area contributed by atoms with Crippen molar-refractivity contribution in [3.05, 3.63) is 41.0 Å². The largest absolute Gasteiger partial charge is 0.391 e. The van der Waals surface area contributed by atoms with Gasteiger partial charge in [0.1, 0.15) is 6.04 Å². The summed E-state index contributed by atoms with van der Waals surface area (Å²) in [5, 5.41) is 13.3. The van der Waals surface area contributed by atoms with Gasteiger partial charge in [-0.2, -0.15) is 0 Å². The van der Waals surface area contributed by atoms with Gasteiger partial charge in [-0.1, -0.05) is 45.0 Å². The number of rotatable bonds is 9. The first-order chi connectivity index (χ1) is 17.7. The molecule has 10 nitrogen and oxygen atoms in total. The summed E-state index contributed by atoms with van der Waals surface area (Å²) < 4.78 is 0. The molecule has 2 aromatic rings. The summed E-state index contributed by atoms with van der Waals surface area (Å²) in [6.07, 6.45) is -1.23. The second-order valence-electron chi connectivity index (χ2n) is 11.0. The zero-order valence-electron chi connectivity index (χ0n) is 22.4. The number of nitrogens with zero attached hydrogens (tertiary/aromatic N) is 2. The fourth-order valence-electron chi connectivity index (χ4n) is 5.13. The molecule has 0 saturated carbocycles. The molecule has 0 aliphatic carbocycles. The monoisotopic (exact) mass is 543 g/mol. The van der Waals surface area contributed by atoms with Crippen molar-refractivity contribution < 1.29 is 24.3 Å². The summed E-state index contributed by atoms with van der Waals surface area (Å²) in [4.78, 5) is 57.7. The second kappa shape index (κ2) is 11.6. The van der Waals surface area contributed by atoms with Gasteiger partial charge in [0.25, 0.3) is 0 Å². The Bertz CT molecular complexity index is 1190. The Labute approximate surface area is 226 Å². The number of aliphatic hydroxyl groups is 1. The van der Waals surface area contributed by atoms with Crippen molar-refractivity contribution in [3.8, 4) is 10.4 Å². The molecule has 1 saturated heterocycles. The quantitative estimate of drug-likeness (QED) is 0.376. The van der Waals surface area contributed by atoms with Crippen molar-refractivity contribution in [2.24, 2.45) is 28.7 Å². The molecule has 5 atom stereocenters. The lowest BCUT2D eigenvalue weighted by molar-refractivity contribution is -0.150. The highest BCUT2D eigenvalue weighted by atomic mass is 32.1. The Hall–Kier alpha value is -3.31. The van der Waals surface area contributed by atoms with E-state index in [1.54, 1.807) is 37.6 Å². The highest BCUT2D eigenvalue weighted by Crippen LogP contribution is 2.37. The molecular weight excluding hydrogens is 506 g/mol. The molecule has 2 heterocycles. The fourth-order valence-corrected chi connectivity index (χ4v) is 5.94. The van der Waals surface area contributed by atoms with E-state index in [0.717, 1.165) is 21.7 Å². The van der Waals surface area contributed by atoms with E-state index in [-0.39, 0.29) is 25.4 Å². The van der Waals surface area contributed by atoms with E-state index in [4.69, 9.17) is 11.5 Å².